The summed E-state index contributed by atoms with van der Waals surface area (Å²) < 4.78 is 1.06. The highest BCUT2D eigenvalue weighted by Gasteiger charge is 2.27. The number of hydrogen-bond donors (Lipinski definition) is 3. The lowest BCUT2D eigenvalue weighted by molar-refractivity contribution is -0.124. The average molecular weight is 341 g/mol. The first kappa shape index (κ1) is 14.8. The van der Waals surface area contributed by atoms with E-state index in [-0.39, 0.29) is 17.9 Å². The Morgan fingerprint density at radius 3 is 3.12 bits per heavy atom. The second-order valence-corrected chi connectivity index (χ2v) is 6.54. The van der Waals surface area contributed by atoms with Gasteiger partial charge in [-0.15, -0.1) is 11.3 Å². The summed E-state index contributed by atoms with van der Waals surface area (Å²) in [6, 6.07) is 5.44. The number of benzene rings is 1. The summed E-state index contributed by atoms with van der Waals surface area (Å²) in [7, 11) is 0. The highest BCUT2D eigenvalue weighted by atomic mass is 32.1. The molecule has 0 radical (unpaired) electrons. The van der Waals surface area contributed by atoms with Crippen LogP contribution in [0.25, 0.3) is 16.3 Å². The lowest BCUT2D eigenvalue weighted by Gasteiger charge is -2.23. The fraction of sp³-hybridized carbons (Fsp3) is 0.250. The van der Waals surface area contributed by atoms with E-state index in [2.05, 4.69) is 25.9 Å². The number of nitrogens with one attached hydrogen (secondary N) is 3. The van der Waals surface area contributed by atoms with Gasteiger partial charge in [-0.25, -0.2) is 9.98 Å². The number of carbonyl (C=O) groups is 2. The highest BCUT2D eigenvalue weighted by Crippen LogP contribution is 2.21. The van der Waals surface area contributed by atoms with E-state index in [0.29, 0.717) is 18.2 Å². The second-order valence-electron chi connectivity index (χ2n) is 5.65. The van der Waals surface area contributed by atoms with Crippen LogP contribution in [0.5, 0.6) is 0 Å². The number of amides is 2. The molecule has 24 heavy (non-hydrogen) atoms. The number of guanidine groups is 1. The molecule has 1 atom stereocenters. The van der Waals surface area contributed by atoms with Crippen molar-refractivity contribution < 1.29 is 9.59 Å². The molecule has 2 aliphatic rings. The van der Waals surface area contributed by atoms with E-state index in [1.165, 1.54) is 0 Å². The number of hydrogen-bond acceptors (Lipinski definition) is 6. The molecule has 0 spiro atoms. The molecule has 7 nitrogen and oxygen atoms in total. The zero-order chi connectivity index (χ0) is 16.5. The molecule has 0 unspecified atom stereocenters. The molecule has 122 valence electrons. The Hall–Kier alpha value is -2.74. The van der Waals surface area contributed by atoms with E-state index in [1.54, 1.807) is 22.9 Å². The van der Waals surface area contributed by atoms with Crippen molar-refractivity contribution >= 4 is 45.4 Å². The molecule has 3 N–H and O–H groups in total. The standard InChI is InChI=1S/C16H15N5O2S/c22-14-11(2-1-5-17-14)19-16-20-12(15(23)21-16)6-9-3-4-10-13(7-9)24-8-18-10/h3-4,6-8,11H,1-2,5H2,(H,17,22)(H2,19,20,21,23)/b12-6-/t11-/m1/s1. The quantitative estimate of drug-likeness (QED) is 0.710. The predicted octanol–water partition coefficient (Wildman–Crippen LogP) is 0.991. The normalized spacial score (nSPS) is 22.4. The van der Waals surface area contributed by atoms with Crippen LogP contribution in [0, 0.1) is 0 Å². The molecule has 1 fully saturated rings. The maximum absolute atomic E-state index is 12.1. The van der Waals surface area contributed by atoms with Crippen LogP contribution in [-0.4, -0.2) is 35.3 Å². The van der Waals surface area contributed by atoms with Crippen LogP contribution in [-0.2, 0) is 9.59 Å². The van der Waals surface area contributed by atoms with Gasteiger partial charge < -0.3 is 10.6 Å². The summed E-state index contributed by atoms with van der Waals surface area (Å²) in [5.41, 5.74) is 3.93. The minimum atomic E-state index is -0.356. The SMILES string of the molecule is O=C1NC(N[C@@H]2CCCNC2=O)=N/C1=C\c1ccc2ncsc2c1. The van der Waals surface area contributed by atoms with Crippen LogP contribution in [0.15, 0.2) is 34.4 Å². The van der Waals surface area contributed by atoms with Crippen LogP contribution < -0.4 is 16.0 Å². The molecule has 4 rings (SSSR count). The van der Waals surface area contributed by atoms with Gasteiger partial charge in [0.25, 0.3) is 5.91 Å². The average Bonchev–Trinajstić information content (AvgIpc) is 3.16. The van der Waals surface area contributed by atoms with Gasteiger partial charge in [-0.3, -0.25) is 14.9 Å². The maximum Gasteiger partial charge on any atom is 0.276 e. The van der Waals surface area contributed by atoms with Crippen molar-refractivity contribution in [2.45, 2.75) is 18.9 Å². The molecule has 3 heterocycles. The minimum Gasteiger partial charge on any atom is -0.354 e. The zero-order valence-electron chi connectivity index (χ0n) is 12.7. The van der Waals surface area contributed by atoms with Crippen LogP contribution in [0.3, 0.4) is 0 Å². The van der Waals surface area contributed by atoms with Crippen LogP contribution >= 0.6 is 11.3 Å². The largest absolute Gasteiger partial charge is 0.354 e. The number of carbonyl (C=O) groups excluding carboxylic acids is 2. The molecule has 0 aliphatic carbocycles. The number of piperidine rings is 1. The number of thiazole rings is 1. The molecule has 0 bridgehead atoms. The van der Waals surface area contributed by atoms with E-state index in [1.807, 2.05) is 18.2 Å². The zero-order valence-corrected chi connectivity index (χ0v) is 13.5. The van der Waals surface area contributed by atoms with Gasteiger partial charge in [0.15, 0.2) is 0 Å². The third kappa shape index (κ3) is 2.88. The highest BCUT2D eigenvalue weighted by molar-refractivity contribution is 7.16. The molecule has 2 aliphatic heterocycles. The van der Waals surface area contributed by atoms with Crippen molar-refractivity contribution in [1.29, 1.82) is 0 Å². The van der Waals surface area contributed by atoms with Crippen LogP contribution in [0.4, 0.5) is 0 Å². The Labute approximate surface area is 141 Å². The number of aliphatic imine (C=N–C) groups is 1. The van der Waals surface area contributed by atoms with Crippen molar-refractivity contribution in [3.8, 4) is 0 Å². The van der Waals surface area contributed by atoms with E-state index in [9.17, 15) is 9.59 Å². The van der Waals surface area contributed by atoms with Gasteiger partial charge in [-0.2, -0.15) is 0 Å². The monoisotopic (exact) mass is 341 g/mol. The predicted molar refractivity (Wildman–Crippen MR) is 92.3 cm³/mol. The molecule has 2 amide bonds. The summed E-state index contributed by atoms with van der Waals surface area (Å²) in [5, 5.41) is 8.46. The molecule has 1 saturated heterocycles. The summed E-state index contributed by atoms with van der Waals surface area (Å²) in [6.45, 7) is 0.695. The van der Waals surface area contributed by atoms with Gasteiger partial charge in [0.2, 0.25) is 11.9 Å². The third-order valence-electron chi connectivity index (χ3n) is 3.95. The van der Waals surface area contributed by atoms with Gasteiger partial charge in [-0.1, -0.05) is 6.07 Å². The van der Waals surface area contributed by atoms with E-state index in [4.69, 9.17) is 0 Å². The Morgan fingerprint density at radius 2 is 2.25 bits per heavy atom. The first-order valence-corrected chi connectivity index (χ1v) is 8.56. The fourth-order valence-corrected chi connectivity index (χ4v) is 3.46. The molecule has 0 saturated carbocycles. The van der Waals surface area contributed by atoms with Crippen molar-refractivity contribution in [3.05, 3.63) is 35.0 Å². The third-order valence-corrected chi connectivity index (χ3v) is 4.74. The first-order chi connectivity index (χ1) is 11.7. The minimum absolute atomic E-state index is 0.0636. The van der Waals surface area contributed by atoms with Gasteiger partial charge in [0, 0.05) is 6.54 Å². The van der Waals surface area contributed by atoms with Gasteiger partial charge in [0.05, 0.1) is 15.7 Å². The van der Waals surface area contributed by atoms with E-state index in [0.717, 1.165) is 28.6 Å². The molecular weight excluding hydrogens is 326 g/mol. The van der Waals surface area contributed by atoms with Gasteiger partial charge in [-0.05, 0) is 36.6 Å². The molecule has 8 heteroatoms. The fourth-order valence-electron chi connectivity index (χ4n) is 2.73. The lowest BCUT2D eigenvalue weighted by atomic mass is 10.1. The Bertz CT molecular complexity index is 885. The molecule has 1 aromatic heterocycles. The van der Waals surface area contributed by atoms with Crippen molar-refractivity contribution in [2.75, 3.05) is 6.54 Å². The summed E-state index contributed by atoms with van der Waals surface area (Å²) >= 11 is 1.55. The Morgan fingerprint density at radius 1 is 1.33 bits per heavy atom. The van der Waals surface area contributed by atoms with Crippen molar-refractivity contribution in [1.82, 2.24) is 20.9 Å². The van der Waals surface area contributed by atoms with Crippen molar-refractivity contribution in [2.24, 2.45) is 4.99 Å². The Kier molecular flexibility index (Phi) is 3.73. The number of aromatic nitrogens is 1. The number of rotatable bonds is 2. The van der Waals surface area contributed by atoms with Crippen molar-refractivity contribution in [3.63, 3.8) is 0 Å². The summed E-state index contributed by atoms with van der Waals surface area (Å²) in [4.78, 5) is 32.4. The molecular formula is C16H15N5O2S. The Balaban J connectivity index is 1.55. The number of fused-ring (bicyclic) bond motifs is 1. The van der Waals surface area contributed by atoms with E-state index < -0.39 is 0 Å². The lowest BCUT2D eigenvalue weighted by Crippen LogP contribution is -2.52. The smallest absolute Gasteiger partial charge is 0.276 e. The van der Waals surface area contributed by atoms with Gasteiger partial charge >= 0.3 is 0 Å². The summed E-state index contributed by atoms with van der Waals surface area (Å²) in [5.74, 6) is -0.0171. The van der Waals surface area contributed by atoms with Crippen LogP contribution in [0.2, 0.25) is 0 Å². The second kappa shape index (κ2) is 6.04. The van der Waals surface area contributed by atoms with Gasteiger partial charge in [0.1, 0.15) is 11.7 Å². The summed E-state index contributed by atoms with van der Waals surface area (Å²) in [6.07, 6.45) is 3.36. The number of nitrogens with zero attached hydrogens (tertiary/aromatic N) is 2. The first-order valence-electron chi connectivity index (χ1n) is 7.68. The topological polar surface area (TPSA) is 95.5 Å². The molecule has 1 aromatic carbocycles. The van der Waals surface area contributed by atoms with E-state index >= 15 is 0 Å². The maximum atomic E-state index is 12.1. The van der Waals surface area contributed by atoms with Crippen LogP contribution in [0.1, 0.15) is 18.4 Å². The molecule has 2 aromatic rings.